The fraction of sp³-hybridized carbons (Fsp3) is 0.400. The number of aryl methyl sites for hydroxylation is 1. The maximum Gasteiger partial charge on any atom is 0.125 e. The van der Waals surface area contributed by atoms with Crippen LogP contribution in [0.2, 0.25) is 0 Å². The molecule has 0 aliphatic carbocycles. The number of halogens is 2. The molecule has 1 aromatic heterocycles. The number of aromatic nitrogens is 1. The summed E-state index contributed by atoms with van der Waals surface area (Å²) in [4.78, 5) is 5.83. The normalized spacial score (nSPS) is 11.3. The standard InChI is InChI=1S/C15H18BrFN2S/c1-9(2)7-18-8-14-10(3)19-15(20-14)12-5-4-11(17)6-13(12)16/h4-6,9,18H,7-8H2,1-3H3. The summed E-state index contributed by atoms with van der Waals surface area (Å²) in [5.74, 6) is 0.390. The molecule has 0 atom stereocenters. The van der Waals surface area contributed by atoms with Crippen LogP contribution in [0.25, 0.3) is 10.6 Å². The quantitative estimate of drug-likeness (QED) is 0.834. The van der Waals surface area contributed by atoms with Gasteiger partial charge in [-0.05, 0) is 53.5 Å². The van der Waals surface area contributed by atoms with E-state index >= 15 is 0 Å². The highest BCUT2D eigenvalue weighted by Crippen LogP contribution is 2.33. The van der Waals surface area contributed by atoms with Gasteiger partial charge in [0.1, 0.15) is 10.8 Å². The number of benzene rings is 1. The maximum atomic E-state index is 13.1. The lowest BCUT2D eigenvalue weighted by molar-refractivity contribution is 0.554. The van der Waals surface area contributed by atoms with Crippen molar-refractivity contribution < 1.29 is 4.39 Å². The third-order valence-corrected chi connectivity index (χ3v) is 4.74. The summed E-state index contributed by atoms with van der Waals surface area (Å²) in [6, 6.07) is 4.71. The highest BCUT2D eigenvalue weighted by molar-refractivity contribution is 9.10. The molecule has 5 heteroatoms. The highest BCUT2D eigenvalue weighted by Gasteiger charge is 2.12. The molecular formula is C15H18BrFN2S. The average Bonchev–Trinajstić information content (AvgIpc) is 2.70. The van der Waals surface area contributed by atoms with Gasteiger partial charge in [-0.2, -0.15) is 0 Å². The van der Waals surface area contributed by atoms with Crippen LogP contribution in [0.5, 0.6) is 0 Å². The second-order valence-electron chi connectivity index (χ2n) is 5.18. The molecule has 0 spiro atoms. The Morgan fingerprint density at radius 3 is 2.80 bits per heavy atom. The Balaban J connectivity index is 2.18. The van der Waals surface area contributed by atoms with Crippen molar-refractivity contribution in [3.05, 3.63) is 39.1 Å². The van der Waals surface area contributed by atoms with Crippen molar-refractivity contribution in [2.45, 2.75) is 27.3 Å². The van der Waals surface area contributed by atoms with E-state index in [0.717, 1.165) is 33.8 Å². The highest BCUT2D eigenvalue weighted by atomic mass is 79.9. The van der Waals surface area contributed by atoms with Gasteiger partial charge in [0.2, 0.25) is 0 Å². The van der Waals surface area contributed by atoms with Crippen LogP contribution >= 0.6 is 27.3 Å². The first kappa shape index (κ1) is 15.6. The van der Waals surface area contributed by atoms with Gasteiger partial charge in [-0.1, -0.05) is 13.8 Å². The number of nitrogens with zero attached hydrogens (tertiary/aromatic N) is 1. The summed E-state index contributed by atoms with van der Waals surface area (Å²) in [7, 11) is 0. The maximum absolute atomic E-state index is 13.1. The topological polar surface area (TPSA) is 24.9 Å². The van der Waals surface area contributed by atoms with Crippen LogP contribution in [0, 0.1) is 18.7 Å². The molecule has 0 saturated heterocycles. The van der Waals surface area contributed by atoms with Gasteiger partial charge in [-0.15, -0.1) is 11.3 Å². The molecule has 0 aliphatic rings. The Kier molecular flexibility index (Phi) is 5.29. The van der Waals surface area contributed by atoms with E-state index in [2.05, 4.69) is 40.1 Å². The van der Waals surface area contributed by atoms with Gasteiger partial charge in [0.15, 0.2) is 0 Å². The average molecular weight is 357 g/mol. The minimum absolute atomic E-state index is 0.243. The van der Waals surface area contributed by atoms with Crippen molar-refractivity contribution in [3.8, 4) is 10.6 Å². The second-order valence-corrected chi connectivity index (χ2v) is 7.11. The Morgan fingerprint density at radius 1 is 1.40 bits per heavy atom. The third kappa shape index (κ3) is 3.87. The summed E-state index contributed by atoms with van der Waals surface area (Å²) in [6.45, 7) is 8.22. The van der Waals surface area contributed by atoms with E-state index in [-0.39, 0.29) is 5.82 Å². The zero-order valence-corrected chi connectivity index (χ0v) is 14.2. The van der Waals surface area contributed by atoms with Gasteiger partial charge >= 0.3 is 0 Å². The predicted octanol–water partition coefficient (Wildman–Crippen LogP) is 4.77. The van der Waals surface area contributed by atoms with E-state index < -0.39 is 0 Å². The lowest BCUT2D eigenvalue weighted by Crippen LogP contribution is -2.18. The van der Waals surface area contributed by atoms with Crippen LogP contribution < -0.4 is 5.32 Å². The number of hydrogen-bond donors (Lipinski definition) is 1. The molecule has 1 heterocycles. The molecule has 0 radical (unpaired) electrons. The fourth-order valence-corrected chi connectivity index (χ4v) is 3.59. The van der Waals surface area contributed by atoms with Crippen molar-refractivity contribution >= 4 is 27.3 Å². The van der Waals surface area contributed by atoms with E-state index in [1.165, 1.54) is 17.0 Å². The predicted molar refractivity (Wildman–Crippen MR) is 86.5 cm³/mol. The Hall–Kier alpha value is -0.780. The minimum atomic E-state index is -0.243. The van der Waals surface area contributed by atoms with Crippen LogP contribution in [0.3, 0.4) is 0 Å². The minimum Gasteiger partial charge on any atom is -0.312 e. The van der Waals surface area contributed by atoms with E-state index in [0.29, 0.717) is 5.92 Å². The van der Waals surface area contributed by atoms with Crippen molar-refractivity contribution in [3.63, 3.8) is 0 Å². The molecule has 1 aromatic carbocycles. The lowest BCUT2D eigenvalue weighted by Gasteiger charge is -2.05. The zero-order chi connectivity index (χ0) is 14.7. The summed E-state index contributed by atoms with van der Waals surface area (Å²) in [6.07, 6.45) is 0. The SMILES string of the molecule is Cc1nc(-c2ccc(F)cc2Br)sc1CNCC(C)C. The third-order valence-electron chi connectivity index (χ3n) is 2.89. The zero-order valence-electron chi connectivity index (χ0n) is 11.8. The smallest absolute Gasteiger partial charge is 0.125 e. The first-order valence-electron chi connectivity index (χ1n) is 6.60. The van der Waals surface area contributed by atoms with E-state index in [1.807, 2.05) is 6.92 Å². The van der Waals surface area contributed by atoms with E-state index in [1.54, 1.807) is 17.4 Å². The van der Waals surface area contributed by atoms with E-state index in [4.69, 9.17) is 0 Å². The molecule has 20 heavy (non-hydrogen) atoms. The summed E-state index contributed by atoms with van der Waals surface area (Å²) in [5, 5.41) is 4.36. The van der Waals surface area contributed by atoms with Crippen LogP contribution in [0.1, 0.15) is 24.4 Å². The van der Waals surface area contributed by atoms with Gasteiger partial charge in [-0.25, -0.2) is 9.37 Å². The van der Waals surface area contributed by atoms with E-state index in [9.17, 15) is 4.39 Å². The van der Waals surface area contributed by atoms with Gasteiger partial charge in [0.05, 0.1) is 5.69 Å². The number of hydrogen-bond acceptors (Lipinski definition) is 3. The summed E-state index contributed by atoms with van der Waals surface area (Å²) >= 11 is 5.06. The molecule has 2 aromatic rings. The molecule has 0 fully saturated rings. The molecule has 0 saturated carbocycles. The van der Waals surface area contributed by atoms with Gasteiger partial charge in [0, 0.05) is 21.5 Å². The molecule has 0 aliphatic heterocycles. The van der Waals surface area contributed by atoms with Crippen molar-refractivity contribution in [1.82, 2.24) is 10.3 Å². The van der Waals surface area contributed by atoms with Crippen molar-refractivity contribution in [2.24, 2.45) is 5.92 Å². The fourth-order valence-electron chi connectivity index (χ4n) is 1.84. The molecule has 2 nitrogen and oxygen atoms in total. The molecule has 108 valence electrons. The first-order chi connectivity index (χ1) is 9.47. The molecule has 0 amide bonds. The molecule has 0 unspecified atom stereocenters. The summed E-state index contributed by atoms with van der Waals surface area (Å²) in [5.41, 5.74) is 1.98. The van der Waals surface area contributed by atoms with Crippen LogP contribution in [-0.2, 0) is 6.54 Å². The monoisotopic (exact) mass is 356 g/mol. The number of rotatable bonds is 5. The van der Waals surface area contributed by atoms with Gasteiger partial charge in [-0.3, -0.25) is 0 Å². The Labute approximate surface area is 131 Å². The molecular weight excluding hydrogens is 339 g/mol. The van der Waals surface area contributed by atoms with Gasteiger partial charge in [0.25, 0.3) is 0 Å². The number of nitrogens with one attached hydrogen (secondary N) is 1. The lowest BCUT2D eigenvalue weighted by atomic mass is 10.2. The van der Waals surface area contributed by atoms with Crippen LogP contribution in [0.15, 0.2) is 22.7 Å². The second kappa shape index (κ2) is 6.78. The summed E-state index contributed by atoms with van der Waals surface area (Å²) < 4.78 is 13.9. The first-order valence-corrected chi connectivity index (χ1v) is 8.20. The molecule has 2 rings (SSSR count). The van der Waals surface area contributed by atoms with Crippen LogP contribution in [-0.4, -0.2) is 11.5 Å². The Bertz CT molecular complexity index is 596. The van der Waals surface area contributed by atoms with Crippen LogP contribution in [0.4, 0.5) is 4.39 Å². The molecule has 1 N–H and O–H groups in total. The Morgan fingerprint density at radius 2 is 2.15 bits per heavy atom. The van der Waals surface area contributed by atoms with Crippen molar-refractivity contribution in [1.29, 1.82) is 0 Å². The van der Waals surface area contributed by atoms with Gasteiger partial charge < -0.3 is 5.32 Å². The number of thiazole rings is 1. The van der Waals surface area contributed by atoms with Crippen molar-refractivity contribution in [2.75, 3.05) is 6.54 Å². The largest absolute Gasteiger partial charge is 0.312 e. The molecule has 0 bridgehead atoms.